The summed E-state index contributed by atoms with van der Waals surface area (Å²) in [5.74, 6) is -3.10. The molecule has 0 spiro atoms. The summed E-state index contributed by atoms with van der Waals surface area (Å²) >= 11 is 0. The second-order valence-corrected chi connectivity index (χ2v) is 7.67. The molecular weight excluding hydrogens is 280 g/mol. The first-order valence-electron chi connectivity index (χ1n) is 9.30. The Kier molecular flexibility index (Phi) is 6.69. The molecule has 0 aliphatic heterocycles. The van der Waals surface area contributed by atoms with Gasteiger partial charge < -0.3 is 20.4 Å². The van der Waals surface area contributed by atoms with E-state index in [4.69, 9.17) is 0 Å². The van der Waals surface area contributed by atoms with Gasteiger partial charge in [0.15, 0.2) is 11.6 Å². The summed E-state index contributed by atoms with van der Waals surface area (Å²) < 4.78 is 0. The third-order valence-electron chi connectivity index (χ3n) is 5.79. The standard InChI is InChI=1S/C18H34O4/c19-17(20)12-7-4-5-9-15(11-14-17)16-10-6-2-1-3-8-13-18(16,21)22/h15-16,19-22H,1-14H2. The summed E-state index contributed by atoms with van der Waals surface area (Å²) in [4.78, 5) is 0. The van der Waals surface area contributed by atoms with Gasteiger partial charge in [0.1, 0.15) is 0 Å². The smallest absolute Gasteiger partial charge is 0.165 e. The second kappa shape index (κ2) is 8.09. The Morgan fingerprint density at radius 2 is 1.14 bits per heavy atom. The highest BCUT2D eigenvalue weighted by Gasteiger charge is 2.40. The summed E-state index contributed by atoms with van der Waals surface area (Å²) in [6.45, 7) is 0. The molecule has 2 fully saturated rings. The van der Waals surface area contributed by atoms with E-state index in [1.807, 2.05) is 0 Å². The molecular formula is C18H34O4. The minimum Gasteiger partial charge on any atom is -0.366 e. The van der Waals surface area contributed by atoms with Gasteiger partial charge in [0.2, 0.25) is 0 Å². The van der Waals surface area contributed by atoms with Crippen molar-refractivity contribution in [2.75, 3.05) is 0 Å². The molecule has 2 atom stereocenters. The van der Waals surface area contributed by atoms with Crippen molar-refractivity contribution >= 4 is 0 Å². The van der Waals surface area contributed by atoms with Gasteiger partial charge in [-0.1, -0.05) is 38.5 Å². The molecule has 0 bridgehead atoms. The van der Waals surface area contributed by atoms with Crippen LogP contribution in [-0.2, 0) is 0 Å². The Balaban J connectivity index is 2.08. The Morgan fingerprint density at radius 3 is 1.95 bits per heavy atom. The van der Waals surface area contributed by atoms with Crippen molar-refractivity contribution in [3.63, 3.8) is 0 Å². The van der Waals surface area contributed by atoms with E-state index in [2.05, 4.69) is 0 Å². The van der Waals surface area contributed by atoms with Crippen LogP contribution in [0.4, 0.5) is 0 Å². The van der Waals surface area contributed by atoms with E-state index in [9.17, 15) is 20.4 Å². The predicted octanol–water partition coefficient (Wildman–Crippen LogP) is 3.07. The quantitative estimate of drug-likeness (QED) is 0.561. The van der Waals surface area contributed by atoms with Gasteiger partial charge in [0.05, 0.1) is 0 Å². The molecule has 0 amide bonds. The monoisotopic (exact) mass is 314 g/mol. The van der Waals surface area contributed by atoms with E-state index in [1.165, 1.54) is 12.8 Å². The van der Waals surface area contributed by atoms with Crippen molar-refractivity contribution in [3.05, 3.63) is 0 Å². The molecule has 0 saturated heterocycles. The first kappa shape index (κ1) is 18.2. The van der Waals surface area contributed by atoms with Crippen LogP contribution in [0.25, 0.3) is 0 Å². The third-order valence-corrected chi connectivity index (χ3v) is 5.79. The van der Waals surface area contributed by atoms with E-state index < -0.39 is 11.6 Å². The highest BCUT2D eigenvalue weighted by molar-refractivity contribution is 4.85. The molecule has 22 heavy (non-hydrogen) atoms. The summed E-state index contributed by atoms with van der Waals surface area (Å²) in [7, 11) is 0. The molecule has 2 unspecified atom stereocenters. The summed E-state index contributed by atoms with van der Waals surface area (Å²) in [5.41, 5.74) is 0. The fourth-order valence-corrected chi connectivity index (χ4v) is 4.39. The van der Waals surface area contributed by atoms with Gasteiger partial charge >= 0.3 is 0 Å². The third kappa shape index (κ3) is 5.48. The SMILES string of the molecule is OC1(O)CCCCCC(C2CCCCCCCC2(O)O)CC1. The molecule has 4 heteroatoms. The van der Waals surface area contributed by atoms with Gasteiger partial charge in [0.25, 0.3) is 0 Å². The average molecular weight is 314 g/mol. The number of rotatable bonds is 1. The molecule has 0 aromatic rings. The van der Waals surface area contributed by atoms with Crippen LogP contribution in [0.2, 0.25) is 0 Å². The zero-order valence-corrected chi connectivity index (χ0v) is 13.8. The minimum atomic E-state index is -1.59. The van der Waals surface area contributed by atoms with Crippen molar-refractivity contribution in [1.82, 2.24) is 0 Å². The molecule has 0 radical (unpaired) electrons. The maximum absolute atomic E-state index is 10.6. The lowest BCUT2D eigenvalue weighted by molar-refractivity contribution is -0.223. The van der Waals surface area contributed by atoms with Crippen LogP contribution in [0.15, 0.2) is 0 Å². The van der Waals surface area contributed by atoms with Crippen molar-refractivity contribution < 1.29 is 20.4 Å². The average Bonchev–Trinajstić information content (AvgIpc) is 2.57. The van der Waals surface area contributed by atoms with E-state index in [1.54, 1.807) is 0 Å². The van der Waals surface area contributed by atoms with Crippen LogP contribution in [0.5, 0.6) is 0 Å². The minimum absolute atomic E-state index is 0.125. The van der Waals surface area contributed by atoms with Crippen LogP contribution < -0.4 is 0 Å². The molecule has 2 rings (SSSR count). The zero-order valence-electron chi connectivity index (χ0n) is 13.8. The lowest BCUT2D eigenvalue weighted by atomic mass is 9.75. The fourth-order valence-electron chi connectivity index (χ4n) is 4.39. The molecule has 130 valence electrons. The highest BCUT2D eigenvalue weighted by Crippen LogP contribution is 2.40. The molecule has 4 nitrogen and oxygen atoms in total. The van der Waals surface area contributed by atoms with Crippen molar-refractivity contribution in [1.29, 1.82) is 0 Å². The fraction of sp³-hybridized carbons (Fsp3) is 1.00. The normalized spacial score (nSPS) is 34.4. The number of hydrogen-bond donors (Lipinski definition) is 4. The van der Waals surface area contributed by atoms with E-state index in [0.717, 1.165) is 51.4 Å². The Labute approximate surface area is 134 Å². The van der Waals surface area contributed by atoms with Gasteiger partial charge in [-0.05, 0) is 38.0 Å². The van der Waals surface area contributed by atoms with Gasteiger partial charge in [0, 0.05) is 25.2 Å². The Hall–Kier alpha value is -0.160. The van der Waals surface area contributed by atoms with E-state index in [0.29, 0.717) is 25.7 Å². The maximum Gasteiger partial charge on any atom is 0.165 e. The molecule has 2 aliphatic carbocycles. The summed E-state index contributed by atoms with van der Waals surface area (Å²) in [6.07, 6.45) is 12.0. The zero-order chi connectivity index (χ0) is 16.1. The molecule has 2 saturated carbocycles. The Bertz CT molecular complexity index is 327. The van der Waals surface area contributed by atoms with Crippen molar-refractivity contribution in [2.24, 2.45) is 11.8 Å². The molecule has 4 N–H and O–H groups in total. The van der Waals surface area contributed by atoms with Crippen molar-refractivity contribution in [3.8, 4) is 0 Å². The van der Waals surface area contributed by atoms with Gasteiger partial charge in [-0.15, -0.1) is 0 Å². The second-order valence-electron chi connectivity index (χ2n) is 7.67. The summed E-state index contributed by atoms with van der Waals surface area (Å²) in [5, 5.41) is 41.3. The van der Waals surface area contributed by atoms with E-state index >= 15 is 0 Å². The van der Waals surface area contributed by atoms with Crippen LogP contribution >= 0.6 is 0 Å². The lowest BCUT2D eigenvalue weighted by Crippen LogP contribution is -2.42. The van der Waals surface area contributed by atoms with Crippen LogP contribution in [0.3, 0.4) is 0 Å². The molecule has 0 aromatic carbocycles. The van der Waals surface area contributed by atoms with Gasteiger partial charge in [-0.25, -0.2) is 0 Å². The number of hydrogen-bond acceptors (Lipinski definition) is 4. The topological polar surface area (TPSA) is 80.9 Å². The first-order chi connectivity index (χ1) is 10.4. The van der Waals surface area contributed by atoms with Crippen molar-refractivity contribution in [2.45, 2.75) is 101 Å². The van der Waals surface area contributed by atoms with E-state index in [-0.39, 0.29) is 11.8 Å². The van der Waals surface area contributed by atoms with Gasteiger partial charge in [-0.2, -0.15) is 0 Å². The van der Waals surface area contributed by atoms with Crippen LogP contribution in [0.1, 0.15) is 89.9 Å². The number of aliphatic hydroxyl groups is 4. The molecule has 0 aromatic heterocycles. The lowest BCUT2D eigenvalue weighted by Gasteiger charge is -2.38. The highest BCUT2D eigenvalue weighted by atomic mass is 16.5. The van der Waals surface area contributed by atoms with Crippen LogP contribution in [0, 0.1) is 11.8 Å². The maximum atomic E-state index is 10.6. The molecule has 2 aliphatic rings. The summed E-state index contributed by atoms with van der Waals surface area (Å²) in [6, 6.07) is 0. The van der Waals surface area contributed by atoms with Crippen LogP contribution in [-0.4, -0.2) is 32.0 Å². The molecule has 0 heterocycles. The largest absolute Gasteiger partial charge is 0.366 e. The first-order valence-corrected chi connectivity index (χ1v) is 9.30. The Morgan fingerprint density at radius 1 is 0.545 bits per heavy atom. The van der Waals surface area contributed by atoms with Gasteiger partial charge in [-0.3, -0.25) is 0 Å². The predicted molar refractivity (Wildman–Crippen MR) is 86.0 cm³/mol.